The largest absolute Gasteiger partial charge is 0.508 e. The number of aromatic hydroxyl groups is 1. The third kappa shape index (κ3) is 5.68. The Labute approximate surface area is 215 Å². The van der Waals surface area contributed by atoms with Crippen LogP contribution in [-0.2, 0) is 11.3 Å². The fraction of sp³-hybridized carbons (Fsp3) is 0.0625. The molecule has 5 rings (SSSR count). The number of nitrogens with zero attached hydrogens (tertiary/aromatic N) is 1. The van der Waals surface area contributed by atoms with E-state index in [0.717, 1.165) is 33.0 Å². The van der Waals surface area contributed by atoms with E-state index in [-0.39, 0.29) is 12.4 Å². The molecule has 37 heavy (non-hydrogen) atoms. The van der Waals surface area contributed by atoms with Gasteiger partial charge in [-0.1, -0.05) is 109 Å². The van der Waals surface area contributed by atoms with Gasteiger partial charge in [-0.2, -0.15) is 0 Å². The van der Waals surface area contributed by atoms with Crippen LogP contribution < -0.4 is 5.32 Å². The average molecular weight is 487 g/mol. The maximum Gasteiger partial charge on any atom is 0.411 e. The van der Waals surface area contributed by atoms with Gasteiger partial charge in [0.05, 0.1) is 5.69 Å². The number of amides is 1. The van der Waals surface area contributed by atoms with Crippen molar-refractivity contribution in [1.82, 2.24) is 0 Å². The van der Waals surface area contributed by atoms with Gasteiger partial charge in [0.1, 0.15) is 18.4 Å². The van der Waals surface area contributed by atoms with Gasteiger partial charge < -0.3 is 9.84 Å². The van der Waals surface area contributed by atoms with Crippen LogP contribution in [0.15, 0.2) is 126 Å². The molecule has 0 aromatic heterocycles. The van der Waals surface area contributed by atoms with Crippen molar-refractivity contribution in [2.75, 3.05) is 5.32 Å². The Morgan fingerprint density at radius 2 is 1.49 bits per heavy atom. The number of hydrogen-bond acceptors (Lipinski definition) is 4. The molecule has 0 aliphatic heterocycles. The summed E-state index contributed by atoms with van der Waals surface area (Å²) in [5.74, 6) is 0.181. The molecule has 1 amide bonds. The molecule has 5 aromatic rings. The van der Waals surface area contributed by atoms with Crippen molar-refractivity contribution in [2.24, 2.45) is 4.99 Å². The summed E-state index contributed by atoms with van der Waals surface area (Å²) in [6.45, 7) is 0.180. The zero-order valence-corrected chi connectivity index (χ0v) is 20.1. The third-order valence-corrected chi connectivity index (χ3v) is 6.11. The Balaban J connectivity index is 1.45. The maximum absolute atomic E-state index is 12.5. The summed E-state index contributed by atoms with van der Waals surface area (Å²) in [6.07, 6.45) is 1.18. The number of anilines is 1. The van der Waals surface area contributed by atoms with E-state index < -0.39 is 12.1 Å². The number of phenols is 1. The molecule has 0 saturated carbocycles. The van der Waals surface area contributed by atoms with E-state index in [9.17, 15) is 9.90 Å². The molecule has 0 aliphatic carbocycles. The lowest BCUT2D eigenvalue weighted by Crippen LogP contribution is -2.14. The molecule has 0 heterocycles. The zero-order chi connectivity index (χ0) is 25.5. The van der Waals surface area contributed by atoms with Crippen LogP contribution >= 0.6 is 0 Å². The highest BCUT2D eigenvalue weighted by Crippen LogP contribution is 2.38. The van der Waals surface area contributed by atoms with Crippen LogP contribution in [0.25, 0.3) is 10.8 Å². The molecular weight excluding hydrogens is 460 g/mol. The van der Waals surface area contributed by atoms with Gasteiger partial charge in [0.15, 0.2) is 0 Å². The van der Waals surface area contributed by atoms with Gasteiger partial charge in [-0.3, -0.25) is 10.3 Å². The summed E-state index contributed by atoms with van der Waals surface area (Å²) in [4.78, 5) is 17.4. The van der Waals surface area contributed by atoms with Gasteiger partial charge >= 0.3 is 6.09 Å². The van der Waals surface area contributed by atoms with Crippen molar-refractivity contribution < 1.29 is 14.6 Å². The number of phenolic OH excluding ortho intramolecular Hbond substituents is 1. The third-order valence-electron chi connectivity index (χ3n) is 6.11. The van der Waals surface area contributed by atoms with Crippen LogP contribution in [0.5, 0.6) is 5.75 Å². The number of ether oxygens (including phenoxy) is 1. The Hall–Kier alpha value is -4.90. The number of aliphatic imine (C=N–C) groups is 1. The van der Waals surface area contributed by atoms with Crippen LogP contribution in [-0.4, -0.2) is 17.4 Å². The van der Waals surface area contributed by atoms with E-state index >= 15 is 0 Å². The van der Waals surface area contributed by atoms with Crippen molar-refractivity contribution in [3.8, 4) is 5.75 Å². The molecule has 5 nitrogen and oxygen atoms in total. The smallest absolute Gasteiger partial charge is 0.411 e. The number of rotatable bonds is 7. The van der Waals surface area contributed by atoms with Crippen LogP contribution in [0.2, 0.25) is 0 Å². The maximum atomic E-state index is 12.5. The van der Waals surface area contributed by atoms with Crippen LogP contribution in [0, 0.1) is 0 Å². The highest BCUT2D eigenvalue weighted by atomic mass is 16.5. The Bertz CT molecular complexity index is 1530. The number of hydrogen-bond donors (Lipinski definition) is 2. The summed E-state index contributed by atoms with van der Waals surface area (Å²) in [6, 6.07) is 37.9. The normalized spacial score (nSPS) is 11.9. The number of para-hydroxylation sites is 1. The lowest BCUT2D eigenvalue weighted by atomic mass is 9.93. The fourth-order valence-electron chi connectivity index (χ4n) is 4.28. The molecule has 5 heteroatoms. The fourth-order valence-corrected chi connectivity index (χ4v) is 4.28. The number of carbonyl (C=O) groups excluding carboxylic acids is 1. The topological polar surface area (TPSA) is 70.9 Å². The molecule has 0 radical (unpaired) electrons. The molecule has 0 spiro atoms. The van der Waals surface area contributed by atoms with Gasteiger partial charge in [0.25, 0.3) is 0 Å². The highest BCUT2D eigenvalue weighted by Gasteiger charge is 2.19. The second kappa shape index (κ2) is 11.2. The summed E-state index contributed by atoms with van der Waals surface area (Å²) in [5, 5.41) is 15.7. The number of benzene rings is 5. The average Bonchev–Trinajstić information content (AvgIpc) is 2.95. The first-order valence-electron chi connectivity index (χ1n) is 12.0. The van der Waals surface area contributed by atoms with Gasteiger partial charge in [-0.25, -0.2) is 4.79 Å². The van der Waals surface area contributed by atoms with E-state index in [1.165, 1.54) is 0 Å². The predicted molar refractivity (Wildman–Crippen MR) is 148 cm³/mol. The monoisotopic (exact) mass is 486 g/mol. The van der Waals surface area contributed by atoms with Crippen molar-refractivity contribution in [3.05, 3.63) is 144 Å². The predicted octanol–water partition coefficient (Wildman–Crippen LogP) is 7.50. The number of carbonyl (C=O) groups is 1. The first-order valence-corrected chi connectivity index (χ1v) is 12.0. The van der Waals surface area contributed by atoms with E-state index in [4.69, 9.17) is 9.73 Å². The van der Waals surface area contributed by atoms with Gasteiger partial charge in [-0.05, 0) is 34.0 Å². The quantitative estimate of drug-likeness (QED) is 0.234. The second-order valence-electron chi connectivity index (χ2n) is 8.58. The summed E-state index contributed by atoms with van der Waals surface area (Å²) in [7, 11) is 0. The van der Waals surface area contributed by atoms with Gasteiger partial charge in [-0.15, -0.1) is 0 Å². The molecule has 2 N–H and O–H groups in total. The Morgan fingerprint density at radius 1 is 0.811 bits per heavy atom. The first-order chi connectivity index (χ1) is 18.2. The van der Waals surface area contributed by atoms with Crippen molar-refractivity contribution in [3.63, 3.8) is 0 Å². The van der Waals surface area contributed by atoms with Crippen LogP contribution in [0.3, 0.4) is 0 Å². The van der Waals surface area contributed by atoms with Crippen LogP contribution in [0.4, 0.5) is 10.5 Å². The Morgan fingerprint density at radius 3 is 2.30 bits per heavy atom. The number of fused-ring (bicyclic) bond motifs is 1. The molecule has 1 atom stereocenters. The molecule has 0 bridgehead atoms. The highest BCUT2D eigenvalue weighted by molar-refractivity contribution is 5.95. The first kappa shape index (κ1) is 23.8. The van der Waals surface area contributed by atoms with Crippen LogP contribution in [0.1, 0.15) is 28.3 Å². The summed E-state index contributed by atoms with van der Waals surface area (Å²) in [5.41, 5.74) is 3.89. The second-order valence-corrected chi connectivity index (χ2v) is 8.58. The van der Waals surface area contributed by atoms with E-state index in [1.54, 1.807) is 18.3 Å². The lowest BCUT2D eigenvalue weighted by molar-refractivity contribution is 0.155. The van der Waals surface area contributed by atoms with Crippen molar-refractivity contribution in [1.29, 1.82) is 0 Å². The van der Waals surface area contributed by atoms with Gasteiger partial charge in [0.2, 0.25) is 0 Å². The molecular formula is C32H26N2O3. The minimum atomic E-state index is -0.545. The molecule has 1 unspecified atom stereocenters. The standard InChI is InChI=1S/C32H26N2O3/c35-29-20-19-24-13-7-9-17-27(24)30(29)31(25-14-5-2-6-15-25)33-21-26-16-8-10-18-28(26)34-32(36)37-22-23-11-3-1-4-12-23/h1-21,31,35H,22H2,(H,34,36). The summed E-state index contributed by atoms with van der Waals surface area (Å²) < 4.78 is 5.39. The van der Waals surface area contributed by atoms with E-state index in [2.05, 4.69) is 5.32 Å². The van der Waals surface area contributed by atoms with Gasteiger partial charge in [0, 0.05) is 17.3 Å². The SMILES string of the molecule is O=C(Nc1ccccc1C=NC(c1ccccc1)c1c(O)ccc2ccccc12)OCc1ccccc1. The minimum absolute atomic E-state index is 0.180. The molecule has 0 saturated heterocycles. The molecule has 5 aromatic carbocycles. The van der Waals surface area contributed by atoms with Crippen molar-refractivity contribution >= 4 is 28.8 Å². The zero-order valence-electron chi connectivity index (χ0n) is 20.1. The molecule has 0 fully saturated rings. The molecule has 182 valence electrons. The summed E-state index contributed by atoms with van der Waals surface area (Å²) >= 11 is 0. The minimum Gasteiger partial charge on any atom is -0.508 e. The molecule has 0 aliphatic rings. The Kier molecular flexibility index (Phi) is 7.23. The van der Waals surface area contributed by atoms with E-state index in [0.29, 0.717) is 5.69 Å². The lowest BCUT2D eigenvalue weighted by Gasteiger charge is -2.18. The number of nitrogens with one attached hydrogen (secondary N) is 1. The van der Waals surface area contributed by atoms with Crippen molar-refractivity contribution in [2.45, 2.75) is 12.6 Å². The van der Waals surface area contributed by atoms with E-state index in [1.807, 2.05) is 109 Å².